The van der Waals surface area contributed by atoms with Gasteiger partial charge in [0.2, 0.25) is 0 Å². The van der Waals surface area contributed by atoms with Crippen LogP contribution in [-0.2, 0) is 4.94 Å². The molecule has 0 bridgehead atoms. The SMILES string of the molecule is CNN(C)NON(N)[O-]. The Morgan fingerprint density at radius 1 is 1.67 bits per heavy atom. The van der Waals surface area contributed by atoms with E-state index < -0.39 is 0 Å². The van der Waals surface area contributed by atoms with Crippen LogP contribution < -0.4 is 16.9 Å². The maximum absolute atomic E-state index is 9.82. The van der Waals surface area contributed by atoms with Gasteiger partial charge in [-0.15, -0.1) is 0 Å². The lowest BCUT2D eigenvalue weighted by atomic mass is 11.3. The fraction of sp³-hybridized carbons (Fsp3) is 1.00. The molecule has 0 amide bonds. The molecule has 7 nitrogen and oxygen atoms in total. The van der Waals surface area contributed by atoms with E-state index in [0.717, 1.165) is 0 Å². The van der Waals surface area contributed by atoms with Gasteiger partial charge in [-0.3, -0.25) is 5.84 Å². The van der Waals surface area contributed by atoms with Crippen LogP contribution in [0.25, 0.3) is 0 Å². The van der Waals surface area contributed by atoms with E-state index >= 15 is 0 Å². The van der Waals surface area contributed by atoms with E-state index in [9.17, 15) is 5.21 Å². The van der Waals surface area contributed by atoms with Gasteiger partial charge < -0.3 is 5.21 Å². The zero-order valence-corrected chi connectivity index (χ0v) is 5.29. The maximum atomic E-state index is 9.82. The van der Waals surface area contributed by atoms with Crippen LogP contribution in [0.5, 0.6) is 0 Å². The van der Waals surface area contributed by atoms with Gasteiger partial charge in [-0.25, -0.2) is 5.43 Å². The molecular weight excluding hydrogens is 126 g/mol. The van der Waals surface area contributed by atoms with Crippen LogP contribution in [0.4, 0.5) is 0 Å². The third kappa shape index (κ3) is 5.59. The molecule has 9 heavy (non-hydrogen) atoms. The van der Waals surface area contributed by atoms with Crippen molar-refractivity contribution in [3.8, 4) is 0 Å². The van der Waals surface area contributed by atoms with Crippen LogP contribution >= 0.6 is 0 Å². The Balaban J connectivity index is 3.06. The molecule has 0 rings (SSSR count). The number of hydrogen-bond acceptors (Lipinski definition) is 7. The summed E-state index contributed by atoms with van der Waals surface area (Å²) in [5.74, 6) is 4.53. The zero-order valence-electron chi connectivity index (χ0n) is 5.29. The van der Waals surface area contributed by atoms with Crippen molar-refractivity contribution < 1.29 is 4.94 Å². The molecule has 56 valence electrons. The second-order valence-electron chi connectivity index (χ2n) is 1.25. The number of hydrogen-bond donors (Lipinski definition) is 3. The molecule has 0 unspecified atom stereocenters. The van der Waals surface area contributed by atoms with E-state index in [4.69, 9.17) is 0 Å². The maximum Gasteiger partial charge on any atom is 0.0197 e. The third-order valence-electron chi connectivity index (χ3n) is 0.603. The van der Waals surface area contributed by atoms with Gasteiger partial charge in [-0.05, 0) is 0 Å². The molecule has 0 saturated heterocycles. The van der Waals surface area contributed by atoms with Gasteiger partial charge in [-0.1, -0.05) is 5.59 Å². The van der Waals surface area contributed by atoms with Gasteiger partial charge in [0, 0.05) is 14.1 Å². The van der Waals surface area contributed by atoms with E-state index in [1.807, 2.05) is 0 Å². The molecule has 0 aliphatic carbocycles. The van der Waals surface area contributed by atoms with Gasteiger partial charge in [0.1, 0.15) is 0 Å². The van der Waals surface area contributed by atoms with Gasteiger partial charge >= 0.3 is 0 Å². The minimum atomic E-state index is -0.201. The molecule has 0 saturated carbocycles. The highest BCUT2D eigenvalue weighted by Gasteiger charge is 1.88. The van der Waals surface area contributed by atoms with Crippen molar-refractivity contribution in [2.24, 2.45) is 5.84 Å². The quantitative estimate of drug-likeness (QED) is 0.306. The minimum absolute atomic E-state index is 0.201. The summed E-state index contributed by atoms with van der Waals surface area (Å²) in [6.45, 7) is 0. The summed E-state index contributed by atoms with van der Waals surface area (Å²) >= 11 is 0. The summed E-state index contributed by atoms with van der Waals surface area (Å²) in [7, 11) is 3.24. The van der Waals surface area contributed by atoms with Crippen LogP contribution in [0.15, 0.2) is 0 Å². The predicted molar refractivity (Wildman–Crippen MR) is 30.4 cm³/mol. The summed E-state index contributed by atoms with van der Waals surface area (Å²) in [5, 5.41) is 10.9. The Kier molecular flexibility index (Phi) is 4.44. The van der Waals surface area contributed by atoms with E-state index in [0.29, 0.717) is 0 Å². The first kappa shape index (κ1) is 8.72. The molecular formula is C2H10N5O2-. The molecule has 0 aromatic rings. The van der Waals surface area contributed by atoms with Gasteiger partial charge in [0.15, 0.2) is 0 Å². The van der Waals surface area contributed by atoms with Crippen molar-refractivity contribution in [1.82, 2.24) is 21.5 Å². The van der Waals surface area contributed by atoms with E-state index in [2.05, 4.69) is 21.8 Å². The van der Waals surface area contributed by atoms with Crippen LogP contribution in [0, 0.1) is 5.21 Å². The molecule has 0 spiro atoms. The first-order chi connectivity index (χ1) is 4.16. The van der Waals surface area contributed by atoms with Crippen LogP contribution in [0.2, 0.25) is 0 Å². The highest BCUT2D eigenvalue weighted by molar-refractivity contribution is 4.17. The lowest BCUT2D eigenvalue weighted by Crippen LogP contribution is -2.46. The molecule has 4 N–H and O–H groups in total. The largest absolute Gasteiger partial charge is 0.747 e. The highest BCUT2D eigenvalue weighted by Crippen LogP contribution is 1.68. The van der Waals surface area contributed by atoms with Crippen molar-refractivity contribution in [2.45, 2.75) is 0 Å². The molecule has 0 heterocycles. The Morgan fingerprint density at radius 3 is 2.56 bits per heavy atom. The average molecular weight is 136 g/mol. The molecule has 0 aliphatic heterocycles. The lowest BCUT2D eigenvalue weighted by molar-refractivity contribution is -0.241. The first-order valence-corrected chi connectivity index (χ1v) is 2.22. The van der Waals surface area contributed by atoms with Crippen molar-refractivity contribution in [3.63, 3.8) is 0 Å². The Hall–Kier alpha value is -0.280. The van der Waals surface area contributed by atoms with Crippen molar-refractivity contribution in [3.05, 3.63) is 5.21 Å². The van der Waals surface area contributed by atoms with Gasteiger partial charge in [0.05, 0.1) is 0 Å². The standard InChI is InChI=1S/C2H10N5O2/c1-4-6(2)5-9-7(3)8/h4-5H,3H2,1-2H3/q-1. The smallest absolute Gasteiger partial charge is 0.0197 e. The van der Waals surface area contributed by atoms with Gasteiger partial charge in [-0.2, -0.15) is 15.4 Å². The van der Waals surface area contributed by atoms with Crippen molar-refractivity contribution in [2.75, 3.05) is 14.1 Å². The Labute approximate surface area is 52.7 Å². The van der Waals surface area contributed by atoms with Crippen LogP contribution in [0.1, 0.15) is 0 Å². The molecule has 0 fully saturated rings. The van der Waals surface area contributed by atoms with Gasteiger partial charge in [0.25, 0.3) is 0 Å². The summed E-state index contributed by atoms with van der Waals surface area (Å²) < 4.78 is 0. The second-order valence-corrected chi connectivity index (χ2v) is 1.25. The third-order valence-corrected chi connectivity index (χ3v) is 0.603. The van der Waals surface area contributed by atoms with E-state index in [1.54, 1.807) is 14.1 Å². The van der Waals surface area contributed by atoms with Crippen molar-refractivity contribution >= 4 is 0 Å². The normalized spacial score (nSPS) is 11.3. The number of nitrogens with two attached hydrogens (primary N) is 1. The van der Waals surface area contributed by atoms with Crippen LogP contribution in [0.3, 0.4) is 0 Å². The van der Waals surface area contributed by atoms with Crippen LogP contribution in [-0.4, -0.2) is 24.5 Å². The summed E-state index contributed by atoms with van der Waals surface area (Å²) in [6.07, 6.45) is 0. The topological polar surface area (TPSA) is 88.9 Å². The number of rotatable bonds is 4. The number of nitrogens with zero attached hydrogens (tertiary/aromatic N) is 2. The zero-order chi connectivity index (χ0) is 7.28. The first-order valence-electron chi connectivity index (χ1n) is 2.22. The summed E-state index contributed by atoms with van der Waals surface area (Å²) in [4.78, 5) is 4.06. The predicted octanol–water partition coefficient (Wildman–Crippen LogP) is -1.92. The number of hydrazine groups is 3. The minimum Gasteiger partial charge on any atom is -0.747 e. The fourth-order valence-corrected chi connectivity index (χ4v) is 0.147. The fourth-order valence-electron chi connectivity index (χ4n) is 0.147. The molecule has 7 heteroatoms. The Morgan fingerprint density at radius 2 is 2.22 bits per heavy atom. The lowest BCUT2D eigenvalue weighted by Gasteiger charge is -2.23. The highest BCUT2D eigenvalue weighted by atomic mass is 17.0. The van der Waals surface area contributed by atoms with E-state index in [1.165, 1.54) is 5.12 Å². The average Bonchev–Trinajstić information content (AvgIpc) is 1.83. The molecule has 0 aliphatic rings. The summed E-state index contributed by atoms with van der Waals surface area (Å²) in [6, 6.07) is 0. The van der Waals surface area contributed by atoms with E-state index in [-0.39, 0.29) is 5.34 Å². The monoisotopic (exact) mass is 136 g/mol. The summed E-state index contributed by atoms with van der Waals surface area (Å²) in [5.41, 5.74) is 4.74. The van der Waals surface area contributed by atoms with Crippen molar-refractivity contribution in [1.29, 1.82) is 0 Å². The Bertz CT molecular complexity index is 68.0. The molecule has 0 radical (unpaired) electrons. The molecule has 0 aromatic heterocycles. The molecule has 0 atom stereocenters. The number of nitrogens with one attached hydrogen (secondary N) is 2. The molecule has 0 aromatic carbocycles. The second kappa shape index (κ2) is 4.58.